The quantitative estimate of drug-likeness (QED) is 0.938. The van der Waals surface area contributed by atoms with Gasteiger partial charge in [-0.3, -0.25) is 4.90 Å². The summed E-state index contributed by atoms with van der Waals surface area (Å²) in [6, 6.07) is 11.8. The largest absolute Gasteiger partial charge is 0.387 e. The number of nitrogens with zero attached hydrogens (tertiary/aromatic N) is 1. The molecule has 1 N–H and O–H groups in total. The lowest BCUT2D eigenvalue weighted by atomic mass is 9.99. The average Bonchev–Trinajstić information content (AvgIpc) is 2.47. The second-order valence-corrected chi connectivity index (χ2v) is 5.40. The van der Waals surface area contributed by atoms with Gasteiger partial charge in [0.25, 0.3) is 0 Å². The Morgan fingerprint density at radius 2 is 1.67 bits per heavy atom. The molecule has 0 saturated heterocycles. The fourth-order valence-electron chi connectivity index (χ4n) is 2.87. The first-order valence-corrected chi connectivity index (χ1v) is 7.06. The van der Waals surface area contributed by atoms with E-state index in [2.05, 4.69) is 12.1 Å². The molecule has 0 fully saturated rings. The number of fused-ring (bicyclic) bond motifs is 1. The highest BCUT2D eigenvalue weighted by molar-refractivity contribution is 5.29. The number of hydrogen-bond donors (Lipinski definition) is 1. The Balaban J connectivity index is 1.73. The van der Waals surface area contributed by atoms with Crippen molar-refractivity contribution in [3.05, 3.63) is 70.8 Å². The van der Waals surface area contributed by atoms with Gasteiger partial charge in [-0.25, -0.2) is 8.78 Å². The standard InChI is InChI=1S/C17H17F2NO/c18-14-6-3-7-15(19)17(14)16(21)11-20-9-8-12-4-1-2-5-13(12)10-20/h1-7,16,21H,8-11H2. The van der Waals surface area contributed by atoms with Gasteiger partial charge in [-0.2, -0.15) is 0 Å². The normalized spacial score (nSPS) is 16.5. The molecule has 110 valence electrons. The summed E-state index contributed by atoms with van der Waals surface area (Å²) in [6.07, 6.45) is -0.265. The van der Waals surface area contributed by atoms with Gasteiger partial charge in [-0.1, -0.05) is 30.3 Å². The van der Waals surface area contributed by atoms with Crippen LogP contribution in [0.2, 0.25) is 0 Å². The van der Waals surface area contributed by atoms with Crippen molar-refractivity contribution in [2.75, 3.05) is 13.1 Å². The summed E-state index contributed by atoms with van der Waals surface area (Å²) < 4.78 is 27.4. The first kappa shape index (κ1) is 14.2. The van der Waals surface area contributed by atoms with Gasteiger partial charge in [0.05, 0.1) is 11.7 Å². The molecule has 1 aliphatic heterocycles. The van der Waals surface area contributed by atoms with Gasteiger partial charge >= 0.3 is 0 Å². The van der Waals surface area contributed by atoms with Crippen LogP contribution in [0.4, 0.5) is 8.78 Å². The monoisotopic (exact) mass is 289 g/mol. The number of halogens is 2. The van der Waals surface area contributed by atoms with Crippen LogP contribution < -0.4 is 0 Å². The Morgan fingerprint density at radius 3 is 2.38 bits per heavy atom. The first-order valence-electron chi connectivity index (χ1n) is 7.06. The van der Waals surface area contributed by atoms with Crippen molar-refractivity contribution in [2.24, 2.45) is 0 Å². The second kappa shape index (κ2) is 5.92. The van der Waals surface area contributed by atoms with Crippen LogP contribution in [0.15, 0.2) is 42.5 Å². The van der Waals surface area contributed by atoms with Crippen molar-refractivity contribution >= 4 is 0 Å². The summed E-state index contributed by atoms with van der Waals surface area (Å²) in [4.78, 5) is 2.03. The van der Waals surface area contributed by atoms with Crippen LogP contribution in [0, 0.1) is 11.6 Å². The Kier molecular flexibility index (Phi) is 3.99. The Morgan fingerprint density at radius 1 is 1.00 bits per heavy atom. The number of rotatable bonds is 3. The van der Waals surface area contributed by atoms with Crippen molar-refractivity contribution in [1.82, 2.24) is 4.90 Å². The van der Waals surface area contributed by atoms with Crippen molar-refractivity contribution in [3.63, 3.8) is 0 Å². The van der Waals surface area contributed by atoms with Crippen LogP contribution in [0.5, 0.6) is 0 Å². The third-order valence-electron chi connectivity index (χ3n) is 3.97. The van der Waals surface area contributed by atoms with Crippen LogP contribution in [-0.4, -0.2) is 23.1 Å². The molecule has 2 aromatic carbocycles. The van der Waals surface area contributed by atoms with E-state index in [1.54, 1.807) is 0 Å². The predicted octanol–water partition coefficient (Wildman–Crippen LogP) is 3.06. The van der Waals surface area contributed by atoms with Gasteiger partial charge in [-0.15, -0.1) is 0 Å². The van der Waals surface area contributed by atoms with E-state index in [1.165, 1.54) is 29.3 Å². The molecule has 0 bridgehead atoms. The smallest absolute Gasteiger partial charge is 0.131 e. The van der Waals surface area contributed by atoms with Gasteiger partial charge in [0.2, 0.25) is 0 Å². The molecule has 2 nitrogen and oxygen atoms in total. The van der Waals surface area contributed by atoms with Crippen LogP contribution in [0.1, 0.15) is 22.8 Å². The Hall–Kier alpha value is -1.78. The maximum atomic E-state index is 13.7. The minimum Gasteiger partial charge on any atom is -0.387 e. The molecule has 1 atom stereocenters. The highest BCUT2D eigenvalue weighted by Gasteiger charge is 2.23. The third-order valence-corrected chi connectivity index (χ3v) is 3.97. The Bertz CT molecular complexity index is 624. The molecule has 4 heteroatoms. The van der Waals surface area contributed by atoms with E-state index in [9.17, 15) is 13.9 Å². The zero-order valence-electron chi connectivity index (χ0n) is 11.6. The fraction of sp³-hybridized carbons (Fsp3) is 0.294. The van der Waals surface area contributed by atoms with Crippen LogP contribution in [-0.2, 0) is 13.0 Å². The topological polar surface area (TPSA) is 23.5 Å². The van der Waals surface area contributed by atoms with Gasteiger partial charge in [0.1, 0.15) is 11.6 Å². The van der Waals surface area contributed by atoms with Crippen molar-refractivity contribution < 1.29 is 13.9 Å². The summed E-state index contributed by atoms with van der Waals surface area (Å²) >= 11 is 0. The third kappa shape index (κ3) is 2.96. The van der Waals surface area contributed by atoms with E-state index in [1.807, 2.05) is 17.0 Å². The minimum absolute atomic E-state index is 0.228. The maximum Gasteiger partial charge on any atom is 0.131 e. The summed E-state index contributed by atoms with van der Waals surface area (Å²) in [6.45, 7) is 1.71. The van der Waals surface area contributed by atoms with E-state index in [-0.39, 0.29) is 12.1 Å². The average molecular weight is 289 g/mol. The van der Waals surface area contributed by atoms with E-state index in [0.29, 0.717) is 6.54 Å². The summed E-state index contributed by atoms with van der Waals surface area (Å²) in [7, 11) is 0. The fourth-order valence-corrected chi connectivity index (χ4v) is 2.87. The molecule has 1 aliphatic rings. The molecule has 0 aliphatic carbocycles. The molecule has 21 heavy (non-hydrogen) atoms. The number of benzene rings is 2. The summed E-state index contributed by atoms with van der Waals surface area (Å²) in [5.74, 6) is -1.39. The molecular weight excluding hydrogens is 272 g/mol. The van der Waals surface area contributed by atoms with Gasteiger partial charge < -0.3 is 5.11 Å². The predicted molar refractivity (Wildman–Crippen MR) is 76.7 cm³/mol. The van der Waals surface area contributed by atoms with Crippen LogP contribution in [0.25, 0.3) is 0 Å². The van der Waals surface area contributed by atoms with E-state index in [0.717, 1.165) is 13.0 Å². The zero-order chi connectivity index (χ0) is 14.8. The molecule has 3 rings (SSSR count). The molecule has 0 amide bonds. The molecule has 0 spiro atoms. The Labute approximate surface area is 122 Å². The highest BCUT2D eigenvalue weighted by Crippen LogP contribution is 2.24. The number of aliphatic hydroxyl groups is 1. The van der Waals surface area contributed by atoms with Crippen molar-refractivity contribution in [3.8, 4) is 0 Å². The van der Waals surface area contributed by atoms with E-state index in [4.69, 9.17) is 0 Å². The van der Waals surface area contributed by atoms with Crippen LogP contribution in [0.3, 0.4) is 0 Å². The lowest BCUT2D eigenvalue weighted by Crippen LogP contribution is -2.34. The minimum atomic E-state index is -1.16. The van der Waals surface area contributed by atoms with Gasteiger partial charge in [0.15, 0.2) is 0 Å². The number of β-amino-alcohol motifs (C(OH)–C–C–N with tert-alkyl or cyclic N) is 1. The first-order chi connectivity index (χ1) is 10.1. The van der Waals surface area contributed by atoms with Crippen molar-refractivity contribution in [1.29, 1.82) is 0 Å². The maximum absolute atomic E-state index is 13.7. The van der Waals surface area contributed by atoms with Crippen molar-refractivity contribution in [2.45, 2.75) is 19.1 Å². The SMILES string of the molecule is OC(CN1CCc2ccccc2C1)c1c(F)cccc1F. The lowest BCUT2D eigenvalue weighted by molar-refractivity contribution is 0.0999. The highest BCUT2D eigenvalue weighted by atomic mass is 19.1. The molecule has 1 unspecified atom stereocenters. The molecule has 0 saturated carbocycles. The molecule has 0 aromatic heterocycles. The molecule has 1 heterocycles. The van der Waals surface area contributed by atoms with Gasteiger partial charge in [-0.05, 0) is 29.7 Å². The molecular formula is C17H17F2NO. The number of aliphatic hydroxyl groups excluding tert-OH is 1. The van der Waals surface area contributed by atoms with Crippen LogP contribution >= 0.6 is 0 Å². The van der Waals surface area contributed by atoms with E-state index < -0.39 is 17.7 Å². The summed E-state index contributed by atoms with van der Waals surface area (Å²) in [5.41, 5.74) is 2.28. The lowest BCUT2D eigenvalue weighted by Gasteiger charge is -2.30. The summed E-state index contributed by atoms with van der Waals surface area (Å²) in [5, 5.41) is 10.2. The molecule has 2 aromatic rings. The second-order valence-electron chi connectivity index (χ2n) is 5.40. The molecule has 0 radical (unpaired) electrons. The van der Waals surface area contributed by atoms with E-state index >= 15 is 0 Å². The van der Waals surface area contributed by atoms with Gasteiger partial charge in [0, 0.05) is 19.6 Å². The zero-order valence-corrected chi connectivity index (χ0v) is 11.6. The number of hydrogen-bond acceptors (Lipinski definition) is 2.